The minimum atomic E-state index is -0.511. The summed E-state index contributed by atoms with van der Waals surface area (Å²) in [7, 11) is 0. The van der Waals surface area contributed by atoms with Gasteiger partial charge >= 0.3 is 0 Å². The largest absolute Gasteiger partial charge is 0.309 e. The number of anilines is 6. The standard InChI is InChI=1S/C86H56N2/c1-3-25-61(26-4-1)85(75-35-15-11-31-69(75)70-32-12-16-36-76(70)85)63-45-49-65(50-46-63)87(79-39-19-23-57-21-7-9-29-67(57)79)81-55-43-59-42-54-74-82(56-44-60-41-53-73(81)83(59)84(60)74)88(80-40-20-24-58-22-8-10-30-68(58)80)66-51-47-64(48-52-66)86(62-27-5-2-6-28-62)77-37-17-13-33-71(77)72-34-14-18-38-78(72)86/h1-56H. The van der Waals surface area contributed by atoms with Gasteiger partial charge in [0.05, 0.1) is 33.6 Å². The van der Waals surface area contributed by atoms with Crippen LogP contribution in [0.5, 0.6) is 0 Å². The Morgan fingerprint density at radius 2 is 0.477 bits per heavy atom. The third-order valence-electron chi connectivity index (χ3n) is 19.6. The Bertz CT molecular complexity index is 4950. The summed E-state index contributed by atoms with van der Waals surface area (Å²) in [5.41, 5.74) is 21.0. The smallest absolute Gasteiger partial charge is 0.0713 e. The molecule has 0 amide bonds. The maximum Gasteiger partial charge on any atom is 0.0713 e. The lowest BCUT2D eigenvalue weighted by Gasteiger charge is -2.35. The van der Waals surface area contributed by atoms with Gasteiger partial charge in [0.1, 0.15) is 0 Å². The van der Waals surface area contributed by atoms with Crippen molar-refractivity contribution in [1.82, 2.24) is 0 Å². The molecule has 0 aliphatic heterocycles. The third kappa shape index (κ3) is 7.12. The van der Waals surface area contributed by atoms with Gasteiger partial charge in [-0.15, -0.1) is 0 Å². The van der Waals surface area contributed by atoms with E-state index in [1.807, 2.05) is 0 Å². The number of hydrogen-bond donors (Lipinski definition) is 0. The molecule has 0 atom stereocenters. The highest BCUT2D eigenvalue weighted by Gasteiger charge is 2.47. The molecule has 0 saturated heterocycles. The molecule has 16 aromatic rings. The molecule has 410 valence electrons. The van der Waals surface area contributed by atoms with Crippen LogP contribution in [-0.4, -0.2) is 0 Å². The quantitative estimate of drug-likeness (QED) is 0.126. The van der Waals surface area contributed by atoms with Crippen molar-refractivity contribution in [3.63, 3.8) is 0 Å². The normalized spacial score (nSPS) is 13.4. The topological polar surface area (TPSA) is 6.48 Å². The lowest BCUT2D eigenvalue weighted by atomic mass is 9.68. The van der Waals surface area contributed by atoms with Gasteiger partial charge in [-0.3, -0.25) is 0 Å². The van der Waals surface area contributed by atoms with E-state index < -0.39 is 10.8 Å². The van der Waals surface area contributed by atoms with Crippen LogP contribution in [0.4, 0.5) is 34.1 Å². The SMILES string of the molecule is c1ccc(C2(c3ccc(N(c4cccc5ccccc45)c4ccc5ccc6c(N(c7ccc(C8(c9ccccc9)c9ccccc9-c9ccccc98)cc7)c7cccc8ccccc78)ccc7ccc4c5c76)cc3)c3ccccc3-c3ccccc32)cc1. The predicted octanol–water partition coefficient (Wildman–Crippen LogP) is 22.6. The number of fused-ring (bicyclic) bond motifs is 8. The van der Waals surface area contributed by atoms with E-state index in [4.69, 9.17) is 0 Å². The minimum Gasteiger partial charge on any atom is -0.309 e. The average molecular weight is 1120 g/mol. The van der Waals surface area contributed by atoms with Gasteiger partial charge in [0, 0.05) is 32.9 Å². The second-order valence-electron chi connectivity index (χ2n) is 23.8. The van der Waals surface area contributed by atoms with Crippen LogP contribution in [0.2, 0.25) is 0 Å². The summed E-state index contributed by atoms with van der Waals surface area (Å²) in [6.07, 6.45) is 0. The van der Waals surface area contributed by atoms with Crippen molar-refractivity contribution in [1.29, 1.82) is 0 Å². The zero-order chi connectivity index (χ0) is 57.9. The molecule has 0 heterocycles. The number of rotatable bonds is 10. The van der Waals surface area contributed by atoms with Gasteiger partial charge in [0.25, 0.3) is 0 Å². The number of benzene rings is 16. The Hall–Kier alpha value is -11.3. The summed E-state index contributed by atoms with van der Waals surface area (Å²) >= 11 is 0. The lowest BCUT2D eigenvalue weighted by molar-refractivity contribution is 0.768. The van der Waals surface area contributed by atoms with E-state index in [0.29, 0.717) is 0 Å². The zero-order valence-corrected chi connectivity index (χ0v) is 48.2. The van der Waals surface area contributed by atoms with Crippen LogP contribution in [0.25, 0.3) is 76.1 Å². The molecule has 2 aliphatic carbocycles. The van der Waals surface area contributed by atoms with Crippen molar-refractivity contribution in [3.05, 3.63) is 384 Å². The Kier molecular flexibility index (Phi) is 11.2. The molecule has 2 nitrogen and oxygen atoms in total. The Labute approximate surface area is 512 Å². The molecule has 88 heavy (non-hydrogen) atoms. The lowest BCUT2D eigenvalue weighted by Crippen LogP contribution is -2.28. The van der Waals surface area contributed by atoms with E-state index in [1.165, 1.54) is 121 Å². The highest BCUT2D eigenvalue weighted by molar-refractivity contribution is 6.28. The molecule has 0 bridgehead atoms. The van der Waals surface area contributed by atoms with Gasteiger partial charge in [-0.05, 0) is 148 Å². The van der Waals surface area contributed by atoms with E-state index in [0.717, 1.165) is 34.1 Å². The molecule has 0 radical (unpaired) electrons. The Balaban J connectivity index is 0.836. The van der Waals surface area contributed by atoms with Gasteiger partial charge in [-0.2, -0.15) is 0 Å². The van der Waals surface area contributed by atoms with E-state index in [-0.39, 0.29) is 0 Å². The molecule has 0 N–H and O–H groups in total. The molecule has 0 fully saturated rings. The summed E-state index contributed by atoms with van der Waals surface area (Å²) < 4.78 is 0. The Morgan fingerprint density at radius 3 is 0.864 bits per heavy atom. The van der Waals surface area contributed by atoms with Gasteiger partial charge < -0.3 is 9.80 Å². The minimum absolute atomic E-state index is 0.511. The number of nitrogens with zero attached hydrogens (tertiary/aromatic N) is 2. The maximum absolute atomic E-state index is 2.51. The highest BCUT2D eigenvalue weighted by Crippen LogP contribution is 2.59. The van der Waals surface area contributed by atoms with Gasteiger partial charge in [0.15, 0.2) is 0 Å². The maximum atomic E-state index is 2.51. The van der Waals surface area contributed by atoms with Gasteiger partial charge in [-0.25, -0.2) is 0 Å². The van der Waals surface area contributed by atoms with Crippen molar-refractivity contribution in [2.75, 3.05) is 9.80 Å². The fraction of sp³-hybridized carbons (Fsp3) is 0.0233. The molecular formula is C86H56N2. The van der Waals surface area contributed by atoms with E-state index >= 15 is 0 Å². The van der Waals surface area contributed by atoms with Crippen molar-refractivity contribution >= 4 is 88.0 Å². The first-order chi connectivity index (χ1) is 43.7. The average Bonchev–Trinajstić information content (AvgIpc) is 1.75. The Morgan fingerprint density at radius 1 is 0.182 bits per heavy atom. The van der Waals surface area contributed by atoms with E-state index in [2.05, 4.69) is 350 Å². The van der Waals surface area contributed by atoms with Crippen molar-refractivity contribution in [2.24, 2.45) is 0 Å². The summed E-state index contributed by atoms with van der Waals surface area (Å²) in [5, 5.41) is 12.0. The summed E-state index contributed by atoms with van der Waals surface area (Å²) in [6.45, 7) is 0. The van der Waals surface area contributed by atoms with Crippen LogP contribution in [0.3, 0.4) is 0 Å². The van der Waals surface area contributed by atoms with Crippen LogP contribution in [-0.2, 0) is 10.8 Å². The van der Waals surface area contributed by atoms with Crippen LogP contribution >= 0.6 is 0 Å². The first-order valence-electron chi connectivity index (χ1n) is 30.7. The fourth-order valence-electron chi connectivity index (χ4n) is 15.9. The molecule has 0 aromatic heterocycles. The fourth-order valence-corrected chi connectivity index (χ4v) is 15.9. The summed E-state index contributed by atoms with van der Waals surface area (Å²) in [6, 6.07) is 127. The first kappa shape index (κ1) is 50.0. The van der Waals surface area contributed by atoms with E-state index in [9.17, 15) is 0 Å². The molecule has 0 spiro atoms. The van der Waals surface area contributed by atoms with Crippen LogP contribution in [0.15, 0.2) is 340 Å². The second kappa shape index (κ2) is 19.6. The molecule has 0 saturated carbocycles. The second-order valence-corrected chi connectivity index (χ2v) is 23.8. The third-order valence-corrected chi connectivity index (χ3v) is 19.6. The van der Waals surface area contributed by atoms with E-state index in [1.54, 1.807) is 0 Å². The molecule has 16 aromatic carbocycles. The van der Waals surface area contributed by atoms with Crippen molar-refractivity contribution < 1.29 is 0 Å². The van der Waals surface area contributed by atoms with Crippen LogP contribution in [0.1, 0.15) is 44.5 Å². The van der Waals surface area contributed by atoms with Crippen molar-refractivity contribution in [2.45, 2.75) is 10.8 Å². The summed E-state index contributed by atoms with van der Waals surface area (Å²) in [4.78, 5) is 5.02. The predicted molar refractivity (Wildman–Crippen MR) is 369 cm³/mol. The molecule has 2 aliphatic rings. The monoisotopic (exact) mass is 1120 g/mol. The molecular weight excluding hydrogens is 1060 g/mol. The van der Waals surface area contributed by atoms with Crippen LogP contribution in [0, 0.1) is 0 Å². The summed E-state index contributed by atoms with van der Waals surface area (Å²) in [5.74, 6) is 0. The molecule has 0 unspecified atom stereocenters. The zero-order valence-electron chi connectivity index (χ0n) is 48.2. The first-order valence-corrected chi connectivity index (χ1v) is 30.7. The molecule has 2 heteroatoms. The van der Waals surface area contributed by atoms with Crippen LogP contribution < -0.4 is 9.80 Å². The highest BCUT2D eigenvalue weighted by atomic mass is 15.2. The molecule has 18 rings (SSSR count). The van der Waals surface area contributed by atoms with Gasteiger partial charge in [-0.1, -0.05) is 291 Å². The van der Waals surface area contributed by atoms with Gasteiger partial charge in [0.2, 0.25) is 0 Å². The van der Waals surface area contributed by atoms with Crippen molar-refractivity contribution in [3.8, 4) is 22.3 Å². The number of hydrogen-bond acceptors (Lipinski definition) is 2.